The molecule has 1 aromatic carbocycles. The summed E-state index contributed by atoms with van der Waals surface area (Å²) in [5.74, 6) is -0.627. The number of rotatable bonds is 6. The van der Waals surface area contributed by atoms with Crippen LogP contribution in [0.25, 0.3) is 10.9 Å². The first-order valence-corrected chi connectivity index (χ1v) is 8.98. The highest BCUT2D eigenvalue weighted by Gasteiger charge is 2.49. The van der Waals surface area contributed by atoms with Gasteiger partial charge in [0.1, 0.15) is 11.5 Å². The van der Waals surface area contributed by atoms with E-state index in [2.05, 4.69) is 22.0 Å². The minimum atomic E-state index is -0.993. The molecule has 1 aliphatic carbocycles. The number of benzene rings is 1. The molecule has 1 amide bonds. The molecule has 0 unspecified atom stereocenters. The van der Waals surface area contributed by atoms with Gasteiger partial charge < -0.3 is 10.4 Å². The zero-order valence-electron chi connectivity index (χ0n) is 15.9. The van der Waals surface area contributed by atoms with Gasteiger partial charge in [-0.3, -0.25) is 14.5 Å². The van der Waals surface area contributed by atoms with Gasteiger partial charge in [-0.25, -0.2) is 4.39 Å². The maximum atomic E-state index is 13.4. The van der Waals surface area contributed by atoms with Crippen LogP contribution in [0.4, 0.5) is 4.39 Å². The van der Waals surface area contributed by atoms with Crippen LogP contribution < -0.4 is 5.32 Å². The van der Waals surface area contributed by atoms with Crippen LogP contribution in [0.3, 0.4) is 0 Å². The average Bonchev–Trinajstić information content (AvgIpc) is 2.85. The first kappa shape index (κ1) is 19.2. The van der Waals surface area contributed by atoms with E-state index in [0.29, 0.717) is 16.8 Å². The number of fused-ring (bicyclic) bond motifs is 1. The van der Waals surface area contributed by atoms with Crippen molar-refractivity contribution < 1.29 is 14.3 Å². The topological polar surface area (TPSA) is 79.5 Å². The third-order valence-electron chi connectivity index (χ3n) is 5.39. The van der Waals surface area contributed by atoms with Crippen LogP contribution in [0.15, 0.2) is 35.3 Å². The van der Waals surface area contributed by atoms with E-state index in [1.165, 1.54) is 12.1 Å². The number of nitrogens with zero attached hydrogens (tertiary/aromatic N) is 3. The molecule has 1 heterocycles. The minimum Gasteiger partial charge on any atom is -0.388 e. The van der Waals surface area contributed by atoms with Crippen molar-refractivity contribution in [3.8, 4) is 0 Å². The summed E-state index contributed by atoms with van der Waals surface area (Å²) in [7, 11) is 1.74. The van der Waals surface area contributed by atoms with E-state index >= 15 is 0 Å². The van der Waals surface area contributed by atoms with Gasteiger partial charge in [-0.05, 0) is 51.3 Å². The predicted molar refractivity (Wildman–Crippen MR) is 103 cm³/mol. The van der Waals surface area contributed by atoms with Crippen molar-refractivity contribution in [2.45, 2.75) is 44.2 Å². The summed E-state index contributed by atoms with van der Waals surface area (Å²) >= 11 is 0. The van der Waals surface area contributed by atoms with Crippen LogP contribution in [0.5, 0.6) is 0 Å². The molecule has 3 rings (SSSR count). The number of nitrogens with one attached hydrogen (secondary N) is 1. The van der Waals surface area contributed by atoms with Crippen LogP contribution in [0.1, 0.15) is 38.8 Å². The van der Waals surface area contributed by atoms with Gasteiger partial charge in [0.2, 0.25) is 5.91 Å². The Balaban J connectivity index is 1.66. The Kier molecular flexibility index (Phi) is 4.90. The summed E-state index contributed by atoms with van der Waals surface area (Å²) in [6.07, 6.45) is 4.03. The summed E-state index contributed by atoms with van der Waals surface area (Å²) < 4.78 is 15.0. The summed E-state index contributed by atoms with van der Waals surface area (Å²) in [5, 5.41) is 18.4. The predicted octanol–water partition coefficient (Wildman–Crippen LogP) is 2.50. The fourth-order valence-electron chi connectivity index (χ4n) is 3.39. The lowest BCUT2D eigenvalue weighted by molar-refractivity contribution is -0.128. The fourth-order valence-corrected chi connectivity index (χ4v) is 3.39. The Hall–Kier alpha value is -2.54. The van der Waals surface area contributed by atoms with E-state index in [4.69, 9.17) is 0 Å². The zero-order chi connectivity index (χ0) is 19.8. The van der Waals surface area contributed by atoms with Crippen molar-refractivity contribution in [2.75, 3.05) is 6.54 Å². The highest BCUT2D eigenvalue weighted by Crippen LogP contribution is 2.40. The number of aliphatic imine (C=N–C) groups is 1. The van der Waals surface area contributed by atoms with Crippen molar-refractivity contribution in [1.29, 1.82) is 0 Å². The van der Waals surface area contributed by atoms with E-state index in [-0.39, 0.29) is 18.3 Å². The molecule has 0 bridgehead atoms. The number of carbonyl (C=O) groups excluding carboxylic acids is 1. The highest BCUT2D eigenvalue weighted by molar-refractivity contribution is 5.98. The second kappa shape index (κ2) is 6.88. The first-order chi connectivity index (χ1) is 12.6. The zero-order valence-corrected chi connectivity index (χ0v) is 15.9. The van der Waals surface area contributed by atoms with Crippen molar-refractivity contribution >= 4 is 23.0 Å². The Labute approximate surface area is 157 Å². The molecule has 27 heavy (non-hydrogen) atoms. The molecule has 6 nitrogen and oxygen atoms in total. The number of aliphatic hydroxyl groups is 1. The van der Waals surface area contributed by atoms with Gasteiger partial charge in [-0.15, -0.1) is 0 Å². The molecule has 1 fully saturated rings. The number of aryl methyl sites for hydroxylation is 1. The van der Waals surface area contributed by atoms with E-state index in [9.17, 15) is 14.3 Å². The quantitative estimate of drug-likeness (QED) is 0.604. The number of aromatic nitrogens is 2. The van der Waals surface area contributed by atoms with Crippen molar-refractivity contribution in [3.05, 3.63) is 41.9 Å². The minimum absolute atomic E-state index is 0.118. The molecule has 1 aliphatic rings. The van der Waals surface area contributed by atoms with Gasteiger partial charge in [0.05, 0.1) is 23.2 Å². The van der Waals surface area contributed by atoms with E-state index in [0.717, 1.165) is 24.6 Å². The lowest BCUT2D eigenvalue weighted by Crippen LogP contribution is -2.66. The molecule has 0 atom stereocenters. The largest absolute Gasteiger partial charge is 0.388 e. The Morgan fingerprint density at radius 1 is 1.52 bits per heavy atom. The van der Waals surface area contributed by atoms with Gasteiger partial charge in [0.15, 0.2) is 0 Å². The van der Waals surface area contributed by atoms with Gasteiger partial charge in [-0.2, -0.15) is 5.10 Å². The second-order valence-electron chi connectivity index (χ2n) is 7.69. The Morgan fingerprint density at radius 2 is 2.22 bits per heavy atom. The summed E-state index contributed by atoms with van der Waals surface area (Å²) in [6, 6.07) is 4.45. The monoisotopic (exact) mass is 372 g/mol. The normalized spacial score (nSPS) is 16.5. The molecule has 2 aromatic rings. The Morgan fingerprint density at radius 3 is 2.81 bits per heavy atom. The summed E-state index contributed by atoms with van der Waals surface area (Å²) in [5.41, 5.74) is -0.00391. The highest BCUT2D eigenvalue weighted by atomic mass is 19.1. The molecule has 2 N–H and O–H groups in total. The number of hydrogen-bond acceptors (Lipinski definition) is 4. The molecule has 0 radical (unpaired) electrons. The number of carbonyl (C=O) groups is 1. The molecular formula is C20H25FN4O2. The standard InChI is InChI=1S/C20H25FN4O2/c1-13(18(26)23-20(8-5-9-20)19(2,3)27)11-22-12-16-15-7-6-14(21)10-17(15)25(4)24-16/h6-7,10,12,27H,1,5,8-9,11H2,2-4H3,(H,23,26). The van der Waals surface area contributed by atoms with Crippen molar-refractivity contribution in [1.82, 2.24) is 15.1 Å². The SMILES string of the molecule is C=C(CN=Cc1nn(C)c2cc(F)ccc12)C(=O)NC1(C(C)(C)O)CCC1. The first-order valence-electron chi connectivity index (χ1n) is 8.98. The number of hydrogen-bond donors (Lipinski definition) is 2. The van der Waals surface area contributed by atoms with Gasteiger partial charge in [-0.1, -0.05) is 6.58 Å². The molecule has 0 aliphatic heterocycles. The summed E-state index contributed by atoms with van der Waals surface area (Å²) in [4.78, 5) is 16.7. The van der Waals surface area contributed by atoms with E-state index in [1.54, 1.807) is 37.9 Å². The fraction of sp³-hybridized carbons (Fsp3) is 0.450. The molecule has 0 saturated heterocycles. The molecule has 144 valence electrons. The third-order valence-corrected chi connectivity index (χ3v) is 5.39. The number of amides is 1. The van der Waals surface area contributed by atoms with Crippen LogP contribution in [-0.4, -0.2) is 44.7 Å². The smallest absolute Gasteiger partial charge is 0.249 e. The molecule has 1 saturated carbocycles. The van der Waals surface area contributed by atoms with Crippen LogP contribution in [0.2, 0.25) is 0 Å². The maximum absolute atomic E-state index is 13.4. The van der Waals surface area contributed by atoms with Gasteiger partial charge in [0, 0.05) is 24.2 Å². The van der Waals surface area contributed by atoms with E-state index < -0.39 is 11.1 Å². The summed E-state index contributed by atoms with van der Waals surface area (Å²) in [6.45, 7) is 7.35. The molecule has 0 spiro atoms. The molecule has 1 aromatic heterocycles. The van der Waals surface area contributed by atoms with Crippen LogP contribution in [-0.2, 0) is 11.8 Å². The average molecular weight is 372 g/mol. The van der Waals surface area contributed by atoms with Crippen LogP contribution in [0, 0.1) is 5.82 Å². The van der Waals surface area contributed by atoms with Gasteiger partial charge >= 0.3 is 0 Å². The molecular weight excluding hydrogens is 347 g/mol. The van der Waals surface area contributed by atoms with E-state index in [1.807, 2.05) is 0 Å². The molecule has 7 heteroatoms. The second-order valence-corrected chi connectivity index (χ2v) is 7.69. The third kappa shape index (κ3) is 3.64. The number of halogens is 1. The van der Waals surface area contributed by atoms with Crippen LogP contribution >= 0.6 is 0 Å². The lowest BCUT2D eigenvalue weighted by Gasteiger charge is -2.50. The lowest BCUT2D eigenvalue weighted by atomic mass is 9.66. The van der Waals surface area contributed by atoms with Crippen molar-refractivity contribution in [3.63, 3.8) is 0 Å². The van der Waals surface area contributed by atoms with Crippen molar-refractivity contribution in [2.24, 2.45) is 12.0 Å². The Bertz CT molecular complexity index is 920. The van der Waals surface area contributed by atoms with Gasteiger partial charge in [0.25, 0.3) is 0 Å². The maximum Gasteiger partial charge on any atom is 0.249 e.